The number of aromatic nitrogens is 1. The first-order chi connectivity index (χ1) is 10.9. The molecule has 8 nitrogen and oxygen atoms in total. The van der Waals surface area contributed by atoms with E-state index in [0.717, 1.165) is 22.4 Å². The maximum absolute atomic E-state index is 12.2. The maximum atomic E-state index is 12.2. The lowest BCUT2D eigenvalue weighted by molar-refractivity contribution is -0.385. The Labute approximate surface area is 135 Å². The third-order valence-corrected chi connectivity index (χ3v) is 3.87. The van der Waals surface area contributed by atoms with Crippen LogP contribution in [-0.2, 0) is 17.9 Å². The molecule has 0 aliphatic rings. The van der Waals surface area contributed by atoms with Crippen molar-refractivity contribution in [3.05, 3.63) is 60.7 Å². The summed E-state index contributed by atoms with van der Waals surface area (Å²) in [7, 11) is 1.58. The van der Waals surface area contributed by atoms with Crippen molar-refractivity contribution in [1.29, 1.82) is 5.26 Å². The number of nitro groups is 1. The van der Waals surface area contributed by atoms with Gasteiger partial charge >= 0.3 is 0 Å². The Kier molecular flexibility index (Phi) is 4.88. The highest BCUT2D eigenvalue weighted by Gasteiger charge is 2.17. The van der Waals surface area contributed by atoms with E-state index in [9.17, 15) is 19.7 Å². The number of pyridine rings is 1. The second kappa shape index (κ2) is 6.85. The smallest absolute Gasteiger partial charge is 0.287 e. The molecule has 0 aliphatic carbocycles. The molecule has 1 amide bonds. The van der Waals surface area contributed by atoms with Crippen LogP contribution in [0.4, 0.5) is 5.69 Å². The predicted octanol–water partition coefficient (Wildman–Crippen LogP) is 1.35. The fourth-order valence-corrected chi connectivity index (χ4v) is 2.59. The first kappa shape index (κ1) is 16.4. The second-order valence-electron chi connectivity index (χ2n) is 4.80. The van der Waals surface area contributed by atoms with Gasteiger partial charge in [0.1, 0.15) is 18.2 Å². The third kappa shape index (κ3) is 3.81. The summed E-state index contributed by atoms with van der Waals surface area (Å²) < 4.78 is 0.892. The Bertz CT molecular complexity index is 835. The van der Waals surface area contributed by atoms with E-state index in [1.165, 1.54) is 16.2 Å². The molecule has 23 heavy (non-hydrogen) atoms. The van der Waals surface area contributed by atoms with Gasteiger partial charge in [0.05, 0.1) is 11.1 Å². The standard InChI is InChI=1S/C14H12N4O4S/c1-16(6-10-2-3-23-9-10)13(19)8-17-7-12(18(21)22)4-11(5-15)14(17)20/h2-4,7,9H,6,8H2,1H3. The van der Waals surface area contributed by atoms with Crippen LogP contribution in [0.1, 0.15) is 11.1 Å². The summed E-state index contributed by atoms with van der Waals surface area (Å²) >= 11 is 1.51. The number of hydrogen-bond donors (Lipinski definition) is 0. The maximum Gasteiger partial charge on any atom is 0.287 e. The molecule has 0 atom stereocenters. The highest BCUT2D eigenvalue weighted by molar-refractivity contribution is 7.07. The zero-order valence-corrected chi connectivity index (χ0v) is 12.9. The highest BCUT2D eigenvalue weighted by Crippen LogP contribution is 2.11. The van der Waals surface area contributed by atoms with Crippen molar-refractivity contribution in [3.8, 4) is 6.07 Å². The molecule has 2 aromatic heterocycles. The molecule has 2 aromatic rings. The molecule has 0 aromatic carbocycles. The number of carbonyl (C=O) groups excluding carboxylic acids is 1. The molecule has 118 valence electrons. The topological polar surface area (TPSA) is 109 Å². The molecule has 0 radical (unpaired) electrons. The van der Waals surface area contributed by atoms with Crippen molar-refractivity contribution >= 4 is 22.9 Å². The number of thiophene rings is 1. The van der Waals surface area contributed by atoms with Crippen molar-refractivity contribution in [2.75, 3.05) is 7.05 Å². The van der Waals surface area contributed by atoms with E-state index < -0.39 is 16.2 Å². The molecule has 0 spiro atoms. The fraction of sp³-hybridized carbons (Fsp3) is 0.214. The van der Waals surface area contributed by atoms with Gasteiger partial charge in [0, 0.05) is 19.7 Å². The normalized spacial score (nSPS) is 10.1. The summed E-state index contributed by atoms with van der Waals surface area (Å²) in [5.41, 5.74) is -0.549. The Morgan fingerprint density at radius 3 is 2.87 bits per heavy atom. The SMILES string of the molecule is CN(Cc1ccsc1)C(=O)Cn1cc([N+](=O)[O-])cc(C#N)c1=O. The number of hydrogen-bond acceptors (Lipinski definition) is 6. The number of likely N-dealkylation sites (N-methyl/N-ethyl adjacent to an activating group) is 1. The van der Waals surface area contributed by atoms with Gasteiger partial charge in [-0.3, -0.25) is 24.3 Å². The van der Waals surface area contributed by atoms with Gasteiger partial charge in [-0.2, -0.15) is 16.6 Å². The van der Waals surface area contributed by atoms with Gasteiger partial charge in [0.2, 0.25) is 5.91 Å². The van der Waals surface area contributed by atoms with Crippen LogP contribution < -0.4 is 5.56 Å². The fourth-order valence-electron chi connectivity index (χ4n) is 1.93. The molecule has 0 N–H and O–H groups in total. The van der Waals surface area contributed by atoms with E-state index >= 15 is 0 Å². The summed E-state index contributed by atoms with van der Waals surface area (Å²) in [4.78, 5) is 35.7. The van der Waals surface area contributed by atoms with Crippen molar-refractivity contribution in [2.45, 2.75) is 13.1 Å². The van der Waals surface area contributed by atoms with Crippen LogP contribution in [0.15, 0.2) is 33.9 Å². The molecule has 0 saturated heterocycles. The number of rotatable bonds is 5. The highest BCUT2D eigenvalue weighted by atomic mass is 32.1. The van der Waals surface area contributed by atoms with Gasteiger partial charge in [0.15, 0.2) is 0 Å². The lowest BCUT2D eigenvalue weighted by atomic mass is 10.2. The van der Waals surface area contributed by atoms with Crippen LogP contribution in [-0.4, -0.2) is 27.3 Å². The summed E-state index contributed by atoms with van der Waals surface area (Å²) in [5, 5.41) is 23.5. The summed E-state index contributed by atoms with van der Waals surface area (Å²) in [6, 6.07) is 4.39. The van der Waals surface area contributed by atoms with E-state index in [1.54, 1.807) is 13.1 Å². The minimum absolute atomic E-state index is 0.365. The Balaban J connectivity index is 2.23. The van der Waals surface area contributed by atoms with Crippen LogP contribution >= 0.6 is 11.3 Å². The Hall–Kier alpha value is -2.99. The average Bonchev–Trinajstić information content (AvgIpc) is 3.01. The number of nitrogens with zero attached hydrogens (tertiary/aromatic N) is 4. The quantitative estimate of drug-likeness (QED) is 0.606. The summed E-state index contributed by atoms with van der Waals surface area (Å²) in [5.74, 6) is -0.386. The molecular weight excluding hydrogens is 320 g/mol. The first-order valence-corrected chi connectivity index (χ1v) is 7.40. The zero-order chi connectivity index (χ0) is 17.0. The molecular formula is C14H12N4O4S. The Morgan fingerprint density at radius 1 is 1.57 bits per heavy atom. The van der Waals surface area contributed by atoms with Crippen molar-refractivity contribution in [3.63, 3.8) is 0 Å². The van der Waals surface area contributed by atoms with E-state index in [1.807, 2.05) is 16.8 Å². The van der Waals surface area contributed by atoms with Crippen LogP contribution in [0.3, 0.4) is 0 Å². The molecule has 0 bridgehead atoms. The lowest BCUT2D eigenvalue weighted by Gasteiger charge is -2.17. The van der Waals surface area contributed by atoms with Crippen LogP contribution in [0.2, 0.25) is 0 Å². The Morgan fingerprint density at radius 2 is 2.30 bits per heavy atom. The van der Waals surface area contributed by atoms with Gasteiger partial charge < -0.3 is 4.90 Å². The van der Waals surface area contributed by atoms with Gasteiger partial charge in [-0.1, -0.05) is 0 Å². The van der Waals surface area contributed by atoms with Crippen LogP contribution in [0.25, 0.3) is 0 Å². The predicted molar refractivity (Wildman–Crippen MR) is 82.9 cm³/mol. The summed E-state index contributed by atoms with van der Waals surface area (Å²) in [6.45, 7) is 0.00689. The number of amides is 1. The zero-order valence-electron chi connectivity index (χ0n) is 12.1. The summed E-state index contributed by atoms with van der Waals surface area (Å²) in [6.07, 6.45) is 0.972. The van der Waals surface area contributed by atoms with E-state index in [2.05, 4.69) is 0 Å². The lowest BCUT2D eigenvalue weighted by Crippen LogP contribution is -2.34. The molecule has 0 unspecified atom stereocenters. The number of nitriles is 1. The molecule has 9 heteroatoms. The van der Waals surface area contributed by atoms with E-state index in [-0.39, 0.29) is 18.0 Å². The van der Waals surface area contributed by atoms with Crippen molar-refractivity contribution < 1.29 is 9.72 Å². The molecule has 2 heterocycles. The van der Waals surface area contributed by atoms with Gasteiger partial charge in [-0.05, 0) is 22.4 Å². The van der Waals surface area contributed by atoms with Crippen molar-refractivity contribution in [1.82, 2.24) is 9.47 Å². The van der Waals surface area contributed by atoms with Gasteiger partial charge in [-0.25, -0.2) is 0 Å². The average molecular weight is 332 g/mol. The molecule has 0 aliphatic heterocycles. The minimum atomic E-state index is -0.726. The first-order valence-electron chi connectivity index (χ1n) is 6.46. The van der Waals surface area contributed by atoms with Gasteiger partial charge in [-0.15, -0.1) is 0 Å². The monoisotopic (exact) mass is 332 g/mol. The van der Waals surface area contributed by atoms with E-state index in [4.69, 9.17) is 5.26 Å². The van der Waals surface area contributed by atoms with Crippen molar-refractivity contribution in [2.24, 2.45) is 0 Å². The molecule has 0 fully saturated rings. The van der Waals surface area contributed by atoms with Crippen LogP contribution in [0, 0.1) is 21.4 Å². The molecule has 0 saturated carbocycles. The second-order valence-corrected chi connectivity index (χ2v) is 5.58. The molecule has 2 rings (SSSR count). The minimum Gasteiger partial charge on any atom is -0.340 e. The number of carbonyl (C=O) groups is 1. The van der Waals surface area contributed by atoms with Crippen LogP contribution in [0.5, 0.6) is 0 Å². The largest absolute Gasteiger partial charge is 0.340 e. The van der Waals surface area contributed by atoms with E-state index in [0.29, 0.717) is 6.54 Å². The third-order valence-electron chi connectivity index (χ3n) is 3.13. The van der Waals surface area contributed by atoms with Gasteiger partial charge in [0.25, 0.3) is 11.2 Å².